The van der Waals surface area contributed by atoms with Crippen molar-refractivity contribution in [2.45, 2.75) is 38.5 Å². The molecule has 1 aromatic heterocycles. The molecule has 21 heavy (non-hydrogen) atoms. The molecule has 0 aliphatic carbocycles. The zero-order valence-corrected chi connectivity index (χ0v) is 12.1. The maximum absolute atomic E-state index is 12.7. The van der Waals surface area contributed by atoms with Crippen molar-refractivity contribution in [3.63, 3.8) is 0 Å². The van der Waals surface area contributed by atoms with Crippen molar-refractivity contribution in [1.82, 2.24) is 20.0 Å². The second-order valence-corrected chi connectivity index (χ2v) is 5.18. The highest BCUT2D eigenvalue weighted by Gasteiger charge is 2.35. The molecule has 0 saturated carbocycles. The van der Waals surface area contributed by atoms with Gasteiger partial charge in [-0.3, -0.25) is 14.4 Å². The van der Waals surface area contributed by atoms with Crippen LogP contribution in [0.15, 0.2) is 6.07 Å². The minimum atomic E-state index is -4.45. The quantitative estimate of drug-likeness (QED) is 0.921. The summed E-state index contributed by atoms with van der Waals surface area (Å²) in [4.78, 5) is 13.9. The van der Waals surface area contributed by atoms with Gasteiger partial charge >= 0.3 is 6.18 Å². The number of nitrogens with one attached hydrogen (secondary N) is 1. The van der Waals surface area contributed by atoms with Gasteiger partial charge in [0.25, 0.3) is 0 Å². The number of aromatic nitrogens is 2. The van der Waals surface area contributed by atoms with Crippen LogP contribution in [0.2, 0.25) is 0 Å². The van der Waals surface area contributed by atoms with E-state index in [1.165, 1.54) is 11.7 Å². The molecule has 0 spiro atoms. The smallest absolute Gasteiger partial charge is 0.355 e. The Balaban J connectivity index is 2.19. The molecule has 1 atom stereocenters. The standard InChI is InChI=1S/C13H19F3N4O/c1-3-10-12(21)17-5-4-6-20(10)8-9-7-11(13(14,15)16)18-19(9)2/h7,10H,3-6,8H2,1-2H3,(H,17,21)/t10-/m1/s1. The van der Waals surface area contributed by atoms with Crippen LogP contribution in [-0.2, 0) is 24.6 Å². The Labute approximate surface area is 121 Å². The molecule has 1 saturated heterocycles. The third-order valence-corrected chi connectivity index (χ3v) is 3.68. The zero-order valence-electron chi connectivity index (χ0n) is 12.1. The van der Waals surface area contributed by atoms with E-state index in [0.29, 0.717) is 25.2 Å². The van der Waals surface area contributed by atoms with Gasteiger partial charge in [0.15, 0.2) is 5.69 Å². The van der Waals surface area contributed by atoms with Crippen LogP contribution in [0.25, 0.3) is 0 Å². The third-order valence-electron chi connectivity index (χ3n) is 3.68. The molecule has 0 unspecified atom stereocenters. The average Bonchev–Trinajstić information content (AvgIpc) is 2.66. The number of rotatable bonds is 3. The maximum Gasteiger partial charge on any atom is 0.435 e. The molecular weight excluding hydrogens is 285 g/mol. The molecule has 1 aliphatic heterocycles. The van der Waals surface area contributed by atoms with E-state index in [-0.39, 0.29) is 18.5 Å². The molecule has 0 bridgehead atoms. The Bertz CT molecular complexity index is 512. The van der Waals surface area contributed by atoms with Gasteiger partial charge in [-0.05, 0) is 18.9 Å². The molecule has 1 aromatic rings. The molecule has 2 heterocycles. The van der Waals surface area contributed by atoms with Gasteiger partial charge in [0.2, 0.25) is 5.91 Å². The minimum Gasteiger partial charge on any atom is -0.355 e. The summed E-state index contributed by atoms with van der Waals surface area (Å²) in [6.45, 7) is 3.45. The van der Waals surface area contributed by atoms with E-state index in [0.717, 1.165) is 12.5 Å². The number of hydrogen-bond acceptors (Lipinski definition) is 3. The average molecular weight is 304 g/mol. The molecule has 1 aliphatic rings. The Kier molecular flexibility index (Phi) is 4.55. The lowest BCUT2D eigenvalue weighted by atomic mass is 10.1. The third kappa shape index (κ3) is 3.55. The van der Waals surface area contributed by atoms with Gasteiger partial charge in [0.05, 0.1) is 11.7 Å². The van der Waals surface area contributed by atoms with Crippen molar-refractivity contribution < 1.29 is 18.0 Å². The van der Waals surface area contributed by atoms with Crippen LogP contribution >= 0.6 is 0 Å². The largest absolute Gasteiger partial charge is 0.435 e. The molecule has 5 nitrogen and oxygen atoms in total. The summed E-state index contributed by atoms with van der Waals surface area (Å²) in [7, 11) is 1.49. The highest BCUT2D eigenvalue weighted by atomic mass is 19.4. The lowest BCUT2D eigenvalue weighted by Crippen LogP contribution is -2.43. The number of nitrogens with zero attached hydrogens (tertiary/aromatic N) is 3. The van der Waals surface area contributed by atoms with Crippen LogP contribution < -0.4 is 5.32 Å². The fourth-order valence-corrected chi connectivity index (χ4v) is 2.57. The lowest BCUT2D eigenvalue weighted by molar-refractivity contribution is -0.141. The van der Waals surface area contributed by atoms with E-state index in [2.05, 4.69) is 10.4 Å². The molecule has 1 N–H and O–H groups in total. The summed E-state index contributed by atoms with van der Waals surface area (Å²) >= 11 is 0. The topological polar surface area (TPSA) is 50.2 Å². The molecule has 0 aromatic carbocycles. The minimum absolute atomic E-state index is 0.0618. The van der Waals surface area contributed by atoms with E-state index < -0.39 is 11.9 Å². The first-order valence-corrected chi connectivity index (χ1v) is 6.94. The monoisotopic (exact) mass is 304 g/mol. The number of halogens is 3. The van der Waals surface area contributed by atoms with Crippen molar-refractivity contribution in [3.05, 3.63) is 17.5 Å². The van der Waals surface area contributed by atoms with Crippen molar-refractivity contribution in [2.75, 3.05) is 13.1 Å². The van der Waals surface area contributed by atoms with Gasteiger partial charge in [0.1, 0.15) is 0 Å². The first-order chi connectivity index (χ1) is 9.82. The number of amides is 1. The van der Waals surface area contributed by atoms with Crippen molar-refractivity contribution in [1.29, 1.82) is 0 Å². The van der Waals surface area contributed by atoms with Crippen molar-refractivity contribution in [2.24, 2.45) is 7.05 Å². The molecular formula is C13H19F3N4O. The lowest BCUT2D eigenvalue weighted by Gasteiger charge is -2.27. The van der Waals surface area contributed by atoms with Crippen LogP contribution in [0.3, 0.4) is 0 Å². The summed E-state index contributed by atoms with van der Waals surface area (Å²) in [5, 5.41) is 6.33. The van der Waals surface area contributed by atoms with Crippen LogP contribution in [0.1, 0.15) is 31.2 Å². The number of aryl methyl sites for hydroxylation is 1. The predicted molar refractivity (Wildman–Crippen MR) is 70.3 cm³/mol. The Hall–Kier alpha value is -1.57. The van der Waals surface area contributed by atoms with Crippen LogP contribution in [-0.4, -0.2) is 39.7 Å². The molecule has 1 amide bonds. The first-order valence-electron chi connectivity index (χ1n) is 6.94. The van der Waals surface area contributed by atoms with Gasteiger partial charge < -0.3 is 5.32 Å². The van der Waals surface area contributed by atoms with Crippen LogP contribution in [0, 0.1) is 0 Å². The Morgan fingerprint density at radius 2 is 2.19 bits per heavy atom. The molecule has 118 valence electrons. The van der Waals surface area contributed by atoms with Gasteiger partial charge in [-0.15, -0.1) is 0 Å². The van der Waals surface area contributed by atoms with E-state index in [1.54, 1.807) is 0 Å². The number of carbonyl (C=O) groups is 1. The molecule has 8 heteroatoms. The summed E-state index contributed by atoms with van der Waals surface area (Å²) in [6.07, 6.45) is -3.04. The normalized spacial score (nSPS) is 21.2. The highest BCUT2D eigenvalue weighted by molar-refractivity contribution is 5.81. The van der Waals surface area contributed by atoms with Crippen LogP contribution in [0.4, 0.5) is 13.2 Å². The summed E-state index contributed by atoms with van der Waals surface area (Å²) < 4.78 is 39.3. The van der Waals surface area contributed by atoms with Gasteiger partial charge in [0, 0.05) is 26.7 Å². The van der Waals surface area contributed by atoms with E-state index in [4.69, 9.17) is 0 Å². The maximum atomic E-state index is 12.7. The fraction of sp³-hybridized carbons (Fsp3) is 0.692. The highest BCUT2D eigenvalue weighted by Crippen LogP contribution is 2.28. The van der Waals surface area contributed by atoms with E-state index >= 15 is 0 Å². The van der Waals surface area contributed by atoms with Crippen molar-refractivity contribution in [3.8, 4) is 0 Å². The Morgan fingerprint density at radius 3 is 2.76 bits per heavy atom. The van der Waals surface area contributed by atoms with Gasteiger partial charge in [-0.25, -0.2) is 0 Å². The molecule has 0 radical (unpaired) electrons. The second kappa shape index (κ2) is 6.05. The summed E-state index contributed by atoms with van der Waals surface area (Å²) in [6, 6.07) is 0.743. The van der Waals surface area contributed by atoms with E-state index in [9.17, 15) is 18.0 Å². The summed E-state index contributed by atoms with van der Waals surface area (Å²) in [5.74, 6) is -0.0618. The SMILES string of the molecule is CC[C@@H]1C(=O)NCCCN1Cc1cc(C(F)(F)F)nn1C. The number of alkyl halides is 3. The predicted octanol–water partition coefficient (Wildman–Crippen LogP) is 1.54. The van der Waals surface area contributed by atoms with Gasteiger partial charge in [-0.2, -0.15) is 18.3 Å². The van der Waals surface area contributed by atoms with Gasteiger partial charge in [-0.1, -0.05) is 6.92 Å². The number of hydrogen-bond donors (Lipinski definition) is 1. The first kappa shape index (κ1) is 15.8. The van der Waals surface area contributed by atoms with E-state index in [1.807, 2.05) is 11.8 Å². The Morgan fingerprint density at radius 1 is 1.48 bits per heavy atom. The second-order valence-electron chi connectivity index (χ2n) is 5.18. The zero-order chi connectivity index (χ0) is 15.6. The summed E-state index contributed by atoms with van der Waals surface area (Å²) in [5.41, 5.74) is -0.442. The molecule has 2 rings (SSSR count). The number of carbonyl (C=O) groups excluding carboxylic acids is 1. The van der Waals surface area contributed by atoms with Crippen molar-refractivity contribution >= 4 is 5.91 Å². The molecule has 1 fully saturated rings. The fourth-order valence-electron chi connectivity index (χ4n) is 2.57. The van der Waals surface area contributed by atoms with Crippen LogP contribution in [0.5, 0.6) is 0 Å².